The lowest BCUT2D eigenvalue weighted by molar-refractivity contribution is -0.141. The van der Waals surface area contributed by atoms with Crippen LogP contribution in [0.25, 0.3) is 11.4 Å². The normalized spacial score (nSPS) is 21.7. The van der Waals surface area contributed by atoms with Crippen LogP contribution in [0.3, 0.4) is 0 Å². The Morgan fingerprint density at radius 2 is 1.96 bits per heavy atom. The Morgan fingerprint density at radius 3 is 2.57 bits per heavy atom. The second kappa shape index (κ2) is 6.51. The summed E-state index contributed by atoms with van der Waals surface area (Å²) in [7, 11) is 0. The van der Waals surface area contributed by atoms with Crippen molar-refractivity contribution in [2.24, 2.45) is 5.92 Å². The number of hydrogen-bond acceptors (Lipinski definition) is 4. The maximum absolute atomic E-state index is 13.0. The van der Waals surface area contributed by atoms with Gasteiger partial charge >= 0.3 is 6.18 Å². The highest BCUT2D eigenvalue weighted by Crippen LogP contribution is 2.38. The molecular formula is C15H17F3N4S. The standard InChI is InChI=1S/C15H17F3N4S/c1-10-2-3-12(8-10)23-14-21-20-13(11-4-6-19-7-5-11)22(14)9-15(16,17)18/h4-7,10,12H,2-3,8-9H2,1H3. The molecule has 2 aromatic heterocycles. The summed E-state index contributed by atoms with van der Waals surface area (Å²) >= 11 is 1.41. The van der Waals surface area contributed by atoms with Gasteiger partial charge in [0.25, 0.3) is 0 Å². The van der Waals surface area contributed by atoms with E-state index in [2.05, 4.69) is 22.1 Å². The summed E-state index contributed by atoms with van der Waals surface area (Å²) in [4.78, 5) is 3.89. The van der Waals surface area contributed by atoms with Crippen molar-refractivity contribution in [2.75, 3.05) is 0 Å². The molecule has 23 heavy (non-hydrogen) atoms. The molecule has 0 radical (unpaired) electrons. The summed E-state index contributed by atoms with van der Waals surface area (Å²) in [6.07, 6.45) is 1.88. The molecule has 124 valence electrons. The molecule has 1 saturated carbocycles. The van der Waals surface area contributed by atoms with Gasteiger partial charge in [0.2, 0.25) is 0 Å². The Balaban J connectivity index is 1.91. The van der Waals surface area contributed by atoms with E-state index in [9.17, 15) is 13.2 Å². The fraction of sp³-hybridized carbons (Fsp3) is 0.533. The average molecular weight is 342 g/mol. The molecule has 1 aliphatic carbocycles. The fourth-order valence-corrected chi connectivity index (χ4v) is 4.17. The lowest BCUT2D eigenvalue weighted by atomic mass is 10.1. The summed E-state index contributed by atoms with van der Waals surface area (Å²) < 4.78 is 40.1. The number of alkyl halides is 3. The largest absolute Gasteiger partial charge is 0.406 e. The third-order valence-electron chi connectivity index (χ3n) is 3.91. The Labute approximate surface area is 136 Å². The van der Waals surface area contributed by atoms with E-state index in [1.807, 2.05) is 0 Å². The van der Waals surface area contributed by atoms with E-state index in [4.69, 9.17) is 0 Å². The maximum atomic E-state index is 13.0. The van der Waals surface area contributed by atoms with Crippen molar-refractivity contribution in [3.05, 3.63) is 24.5 Å². The van der Waals surface area contributed by atoms with Crippen LogP contribution in [0.5, 0.6) is 0 Å². The molecule has 2 atom stereocenters. The molecule has 1 fully saturated rings. The van der Waals surface area contributed by atoms with Crippen molar-refractivity contribution < 1.29 is 13.2 Å². The van der Waals surface area contributed by atoms with Crippen LogP contribution in [-0.2, 0) is 6.54 Å². The van der Waals surface area contributed by atoms with Crippen molar-refractivity contribution in [1.29, 1.82) is 0 Å². The van der Waals surface area contributed by atoms with Crippen LogP contribution in [-0.4, -0.2) is 31.2 Å². The molecule has 0 aromatic carbocycles. The van der Waals surface area contributed by atoms with Gasteiger partial charge in [0, 0.05) is 23.2 Å². The average Bonchev–Trinajstić information content (AvgIpc) is 3.06. The predicted molar refractivity (Wildman–Crippen MR) is 82.0 cm³/mol. The van der Waals surface area contributed by atoms with Gasteiger partial charge in [-0.3, -0.25) is 9.55 Å². The quantitative estimate of drug-likeness (QED) is 0.836. The molecule has 8 heteroatoms. The second-order valence-electron chi connectivity index (χ2n) is 5.90. The predicted octanol–water partition coefficient (Wildman–Crippen LogP) is 4.18. The molecule has 2 unspecified atom stereocenters. The van der Waals surface area contributed by atoms with Crippen LogP contribution in [0.2, 0.25) is 0 Å². The van der Waals surface area contributed by atoms with Crippen molar-refractivity contribution in [3.63, 3.8) is 0 Å². The smallest absolute Gasteiger partial charge is 0.293 e. The number of thioether (sulfide) groups is 1. The molecule has 3 rings (SSSR count). The minimum atomic E-state index is -4.32. The first-order chi connectivity index (χ1) is 10.9. The van der Waals surface area contributed by atoms with Gasteiger partial charge in [-0.25, -0.2) is 0 Å². The highest BCUT2D eigenvalue weighted by Gasteiger charge is 2.33. The fourth-order valence-electron chi connectivity index (χ4n) is 2.82. The molecule has 2 heterocycles. The van der Waals surface area contributed by atoms with Crippen molar-refractivity contribution in [3.8, 4) is 11.4 Å². The van der Waals surface area contributed by atoms with Crippen molar-refractivity contribution in [2.45, 2.75) is 49.3 Å². The minimum Gasteiger partial charge on any atom is -0.293 e. The van der Waals surface area contributed by atoms with Gasteiger partial charge < -0.3 is 0 Å². The molecule has 0 spiro atoms. The molecule has 0 N–H and O–H groups in total. The van der Waals surface area contributed by atoms with E-state index in [-0.39, 0.29) is 5.82 Å². The molecule has 0 bridgehead atoms. The van der Waals surface area contributed by atoms with Crippen LogP contribution in [0.1, 0.15) is 26.2 Å². The van der Waals surface area contributed by atoms with Gasteiger partial charge in [-0.1, -0.05) is 18.7 Å². The summed E-state index contributed by atoms with van der Waals surface area (Å²) in [5, 5.41) is 8.67. The Bertz CT molecular complexity index is 656. The van der Waals surface area contributed by atoms with Crippen LogP contribution in [0.4, 0.5) is 13.2 Å². The molecule has 0 amide bonds. The number of nitrogens with zero attached hydrogens (tertiary/aromatic N) is 4. The number of hydrogen-bond donors (Lipinski definition) is 0. The first-order valence-electron chi connectivity index (χ1n) is 7.49. The zero-order chi connectivity index (χ0) is 16.4. The van der Waals surface area contributed by atoms with Crippen LogP contribution < -0.4 is 0 Å². The van der Waals surface area contributed by atoms with Crippen LogP contribution in [0.15, 0.2) is 29.7 Å². The summed E-state index contributed by atoms with van der Waals surface area (Å²) in [5.74, 6) is 0.851. The molecule has 0 aliphatic heterocycles. The lowest BCUT2D eigenvalue weighted by Crippen LogP contribution is -2.19. The maximum Gasteiger partial charge on any atom is 0.406 e. The zero-order valence-corrected chi connectivity index (χ0v) is 13.4. The Hall–Kier alpha value is -1.57. The van der Waals surface area contributed by atoms with E-state index >= 15 is 0 Å². The summed E-state index contributed by atoms with van der Waals surface area (Å²) in [6.45, 7) is 1.09. The van der Waals surface area contributed by atoms with E-state index in [1.165, 1.54) is 28.7 Å². The molecule has 2 aromatic rings. The van der Waals surface area contributed by atoms with Gasteiger partial charge in [0.1, 0.15) is 6.54 Å². The lowest BCUT2D eigenvalue weighted by Gasteiger charge is -2.14. The SMILES string of the molecule is CC1CCC(Sc2nnc(-c3ccncc3)n2CC(F)(F)F)C1. The zero-order valence-electron chi connectivity index (χ0n) is 12.6. The van der Waals surface area contributed by atoms with E-state index in [0.29, 0.717) is 21.9 Å². The van der Waals surface area contributed by atoms with Crippen molar-refractivity contribution in [1.82, 2.24) is 19.7 Å². The third-order valence-corrected chi connectivity index (χ3v) is 5.19. The number of rotatable bonds is 4. The van der Waals surface area contributed by atoms with Gasteiger partial charge in [-0.2, -0.15) is 13.2 Å². The molecular weight excluding hydrogens is 325 g/mol. The third kappa shape index (κ3) is 4.04. The van der Waals surface area contributed by atoms with E-state index in [0.717, 1.165) is 19.3 Å². The number of aromatic nitrogens is 4. The first kappa shape index (κ1) is 16.3. The van der Waals surface area contributed by atoms with E-state index < -0.39 is 12.7 Å². The topological polar surface area (TPSA) is 43.6 Å². The van der Waals surface area contributed by atoms with E-state index in [1.54, 1.807) is 12.1 Å². The molecule has 1 aliphatic rings. The van der Waals surface area contributed by atoms with Gasteiger partial charge in [0.05, 0.1) is 0 Å². The summed E-state index contributed by atoms with van der Waals surface area (Å²) in [5.41, 5.74) is 0.586. The number of pyridine rings is 1. The molecule has 0 saturated heterocycles. The van der Waals surface area contributed by atoms with Gasteiger partial charge in [0.15, 0.2) is 11.0 Å². The second-order valence-corrected chi connectivity index (χ2v) is 7.17. The van der Waals surface area contributed by atoms with Gasteiger partial charge in [-0.05, 0) is 37.3 Å². The first-order valence-corrected chi connectivity index (χ1v) is 8.37. The minimum absolute atomic E-state index is 0.235. The Morgan fingerprint density at radius 1 is 1.22 bits per heavy atom. The highest BCUT2D eigenvalue weighted by atomic mass is 32.2. The van der Waals surface area contributed by atoms with Crippen molar-refractivity contribution >= 4 is 11.8 Å². The van der Waals surface area contributed by atoms with Crippen LogP contribution >= 0.6 is 11.8 Å². The van der Waals surface area contributed by atoms with Crippen LogP contribution in [0, 0.1) is 5.92 Å². The number of halogens is 3. The summed E-state index contributed by atoms with van der Waals surface area (Å²) in [6, 6.07) is 3.28. The molecule has 4 nitrogen and oxygen atoms in total. The Kier molecular flexibility index (Phi) is 4.61. The van der Waals surface area contributed by atoms with Gasteiger partial charge in [-0.15, -0.1) is 10.2 Å². The highest BCUT2D eigenvalue weighted by molar-refractivity contribution is 7.99. The monoisotopic (exact) mass is 342 g/mol.